The van der Waals surface area contributed by atoms with Crippen LogP contribution < -0.4 is 10.6 Å². The Morgan fingerprint density at radius 1 is 1.18 bits per heavy atom. The lowest BCUT2D eigenvalue weighted by molar-refractivity contribution is 0.204. The van der Waals surface area contributed by atoms with Crippen molar-refractivity contribution in [1.29, 1.82) is 0 Å². The Bertz CT molecular complexity index is 215. The first-order chi connectivity index (χ1) is 7.44. The molecule has 0 aliphatic carbocycles. The van der Waals surface area contributed by atoms with Gasteiger partial charge in [0.15, 0.2) is 5.96 Å². The van der Waals surface area contributed by atoms with Crippen LogP contribution in [0.4, 0.5) is 0 Å². The highest BCUT2D eigenvalue weighted by Crippen LogP contribution is 2.09. The van der Waals surface area contributed by atoms with Gasteiger partial charge in [-0.15, -0.1) is 24.0 Å². The van der Waals surface area contributed by atoms with E-state index in [1.54, 1.807) is 0 Å². The topological polar surface area (TPSA) is 39.7 Å². The van der Waals surface area contributed by atoms with E-state index >= 15 is 0 Å². The quantitative estimate of drug-likeness (QED) is 0.434. The average Bonchev–Trinajstić information content (AvgIpc) is 2.22. The van der Waals surface area contributed by atoms with Crippen molar-refractivity contribution in [2.45, 2.75) is 39.7 Å². The number of nitrogens with zero attached hydrogens (tertiary/aromatic N) is 2. The van der Waals surface area contributed by atoms with Crippen molar-refractivity contribution in [2.75, 3.05) is 33.7 Å². The molecule has 0 saturated heterocycles. The highest BCUT2D eigenvalue weighted by molar-refractivity contribution is 14.0. The summed E-state index contributed by atoms with van der Waals surface area (Å²) in [6.07, 6.45) is 1.11. The molecule has 0 aromatic carbocycles. The standard InChI is InChI=1S/C12H28N4.HI/c1-7-9-14-11(13-8-2)15-10-12(3,4)16(5)6;/h7-10H2,1-6H3,(H2,13,14,15);1H. The van der Waals surface area contributed by atoms with Gasteiger partial charge in [0.2, 0.25) is 0 Å². The van der Waals surface area contributed by atoms with E-state index in [1.165, 1.54) is 0 Å². The molecule has 0 aliphatic heterocycles. The van der Waals surface area contributed by atoms with Gasteiger partial charge in [0.1, 0.15) is 0 Å². The number of likely N-dealkylation sites (N-methyl/N-ethyl adjacent to an activating group) is 1. The van der Waals surface area contributed by atoms with E-state index in [2.05, 4.69) is 62.3 Å². The van der Waals surface area contributed by atoms with E-state index in [9.17, 15) is 0 Å². The highest BCUT2D eigenvalue weighted by atomic mass is 127. The van der Waals surface area contributed by atoms with Crippen molar-refractivity contribution in [3.8, 4) is 0 Å². The highest BCUT2D eigenvalue weighted by Gasteiger charge is 2.19. The number of halogens is 1. The van der Waals surface area contributed by atoms with Crippen LogP contribution in [0.15, 0.2) is 4.99 Å². The minimum atomic E-state index is 0. The Labute approximate surface area is 124 Å². The Balaban J connectivity index is 0. The Kier molecular flexibility index (Phi) is 11.3. The van der Waals surface area contributed by atoms with Crippen molar-refractivity contribution in [3.05, 3.63) is 0 Å². The zero-order valence-corrected chi connectivity index (χ0v) is 14.5. The van der Waals surface area contributed by atoms with Crippen LogP contribution in [0.5, 0.6) is 0 Å². The molecule has 2 N–H and O–H groups in total. The molecule has 0 atom stereocenters. The summed E-state index contributed by atoms with van der Waals surface area (Å²) in [5, 5.41) is 6.55. The van der Waals surface area contributed by atoms with E-state index < -0.39 is 0 Å². The van der Waals surface area contributed by atoms with Crippen molar-refractivity contribution < 1.29 is 0 Å². The maximum atomic E-state index is 4.60. The summed E-state index contributed by atoms with van der Waals surface area (Å²) in [5.74, 6) is 0.916. The fourth-order valence-corrected chi connectivity index (χ4v) is 0.999. The van der Waals surface area contributed by atoms with Gasteiger partial charge in [-0.2, -0.15) is 0 Å². The van der Waals surface area contributed by atoms with E-state index in [0.29, 0.717) is 0 Å². The minimum Gasteiger partial charge on any atom is -0.357 e. The van der Waals surface area contributed by atoms with Gasteiger partial charge in [0, 0.05) is 18.6 Å². The van der Waals surface area contributed by atoms with Crippen molar-refractivity contribution in [1.82, 2.24) is 15.5 Å². The number of rotatable bonds is 6. The molecule has 0 radical (unpaired) electrons. The SMILES string of the molecule is CCCNC(=NCC(C)(C)N(C)C)NCC.I. The lowest BCUT2D eigenvalue weighted by Gasteiger charge is -2.31. The summed E-state index contributed by atoms with van der Waals surface area (Å²) in [6.45, 7) is 11.3. The van der Waals surface area contributed by atoms with Crippen LogP contribution in [0, 0.1) is 0 Å². The fraction of sp³-hybridized carbons (Fsp3) is 0.917. The van der Waals surface area contributed by atoms with E-state index in [-0.39, 0.29) is 29.5 Å². The zero-order valence-electron chi connectivity index (χ0n) is 12.1. The van der Waals surface area contributed by atoms with E-state index in [1.807, 2.05) is 0 Å². The molecule has 0 heterocycles. The lowest BCUT2D eigenvalue weighted by atomic mass is 10.1. The largest absolute Gasteiger partial charge is 0.357 e. The molecular weight excluding hydrogens is 327 g/mol. The van der Waals surface area contributed by atoms with Gasteiger partial charge in [-0.25, -0.2) is 0 Å². The maximum Gasteiger partial charge on any atom is 0.191 e. The average molecular weight is 356 g/mol. The molecule has 0 spiro atoms. The molecule has 104 valence electrons. The van der Waals surface area contributed by atoms with Crippen molar-refractivity contribution in [2.24, 2.45) is 4.99 Å². The van der Waals surface area contributed by atoms with Gasteiger partial charge < -0.3 is 15.5 Å². The molecule has 0 bridgehead atoms. The summed E-state index contributed by atoms with van der Waals surface area (Å²) < 4.78 is 0. The van der Waals surface area contributed by atoms with Crippen LogP contribution in [-0.4, -0.2) is 50.1 Å². The lowest BCUT2D eigenvalue weighted by Crippen LogP contribution is -2.43. The van der Waals surface area contributed by atoms with E-state index in [4.69, 9.17) is 0 Å². The molecule has 4 nitrogen and oxygen atoms in total. The van der Waals surface area contributed by atoms with Gasteiger partial charge in [-0.1, -0.05) is 6.92 Å². The third kappa shape index (κ3) is 8.65. The first kappa shape index (κ1) is 19.3. The number of aliphatic imine (C=N–C) groups is 1. The Morgan fingerprint density at radius 3 is 2.18 bits per heavy atom. The molecule has 0 aromatic rings. The summed E-state index contributed by atoms with van der Waals surface area (Å²) >= 11 is 0. The molecule has 17 heavy (non-hydrogen) atoms. The summed E-state index contributed by atoms with van der Waals surface area (Å²) in [5.41, 5.74) is 0.0918. The van der Waals surface area contributed by atoms with Crippen LogP contribution in [-0.2, 0) is 0 Å². The van der Waals surface area contributed by atoms with Gasteiger partial charge in [-0.3, -0.25) is 4.99 Å². The third-order valence-electron chi connectivity index (χ3n) is 2.72. The zero-order chi connectivity index (χ0) is 12.6. The summed E-state index contributed by atoms with van der Waals surface area (Å²) in [7, 11) is 4.17. The fourth-order valence-electron chi connectivity index (χ4n) is 0.999. The molecule has 0 unspecified atom stereocenters. The second kappa shape index (κ2) is 9.94. The monoisotopic (exact) mass is 356 g/mol. The molecule has 0 aliphatic rings. The minimum absolute atomic E-state index is 0. The summed E-state index contributed by atoms with van der Waals surface area (Å²) in [6, 6.07) is 0. The maximum absolute atomic E-state index is 4.60. The smallest absolute Gasteiger partial charge is 0.191 e. The van der Waals surface area contributed by atoms with E-state index in [0.717, 1.165) is 32.0 Å². The molecule has 0 fully saturated rings. The first-order valence-corrected chi connectivity index (χ1v) is 6.13. The predicted octanol–water partition coefficient (Wildman–Crippen LogP) is 1.91. The van der Waals surface area contributed by atoms with Crippen molar-refractivity contribution >= 4 is 29.9 Å². The number of hydrogen-bond acceptors (Lipinski definition) is 2. The van der Waals surface area contributed by atoms with Gasteiger partial charge in [0.05, 0.1) is 6.54 Å². The molecule has 0 amide bonds. The van der Waals surface area contributed by atoms with Crippen LogP contribution in [0.2, 0.25) is 0 Å². The number of hydrogen-bond donors (Lipinski definition) is 2. The van der Waals surface area contributed by atoms with Crippen LogP contribution in [0.3, 0.4) is 0 Å². The Hall–Kier alpha value is -0.0400. The molecular formula is C12H29IN4. The number of guanidine groups is 1. The molecule has 5 heteroatoms. The second-order valence-electron chi connectivity index (χ2n) is 4.83. The molecule has 0 rings (SSSR count). The van der Waals surface area contributed by atoms with Gasteiger partial charge in [-0.05, 0) is 41.3 Å². The number of nitrogens with one attached hydrogen (secondary N) is 2. The third-order valence-corrected chi connectivity index (χ3v) is 2.72. The van der Waals surface area contributed by atoms with Crippen LogP contribution in [0.25, 0.3) is 0 Å². The normalized spacial score (nSPS) is 12.3. The summed E-state index contributed by atoms with van der Waals surface area (Å²) in [4.78, 5) is 6.79. The van der Waals surface area contributed by atoms with Crippen molar-refractivity contribution in [3.63, 3.8) is 0 Å². The van der Waals surface area contributed by atoms with Crippen LogP contribution >= 0.6 is 24.0 Å². The van der Waals surface area contributed by atoms with Gasteiger partial charge in [0.25, 0.3) is 0 Å². The predicted molar refractivity (Wildman–Crippen MR) is 87.5 cm³/mol. The molecule has 0 aromatic heterocycles. The van der Waals surface area contributed by atoms with Crippen LogP contribution in [0.1, 0.15) is 34.1 Å². The molecule has 0 saturated carbocycles. The van der Waals surface area contributed by atoms with Gasteiger partial charge >= 0.3 is 0 Å². The Morgan fingerprint density at radius 2 is 1.76 bits per heavy atom. The first-order valence-electron chi connectivity index (χ1n) is 6.13. The second-order valence-corrected chi connectivity index (χ2v) is 4.83.